The van der Waals surface area contributed by atoms with Crippen LogP contribution < -0.4 is 10.2 Å². The van der Waals surface area contributed by atoms with E-state index in [9.17, 15) is 14.0 Å². The van der Waals surface area contributed by atoms with Crippen molar-refractivity contribution < 1.29 is 14.0 Å². The normalized spacial score (nSPS) is 17.0. The fraction of sp³-hybridized carbons (Fsp3) is 0.333. The third-order valence-electron chi connectivity index (χ3n) is 6.23. The Morgan fingerprint density at radius 3 is 2.48 bits per heavy atom. The molecule has 5 rings (SSSR count). The summed E-state index contributed by atoms with van der Waals surface area (Å²) in [5.74, 6) is 0.716. The summed E-state index contributed by atoms with van der Waals surface area (Å²) in [4.78, 5) is 31.1. The molecule has 170 valence electrons. The van der Waals surface area contributed by atoms with Gasteiger partial charge in [0.25, 0.3) is 11.8 Å². The van der Waals surface area contributed by atoms with E-state index in [4.69, 9.17) is 0 Å². The second-order valence-corrected chi connectivity index (χ2v) is 9.55. The molecule has 0 unspecified atom stereocenters. The van der Waals surface area contributed by atoms with Crippen LogP contribution in [0.5, 0.6) is 0 Å². The molecule has 0 radical (unpaired) electrons. The van der Waals surface area contributed by atoms with Crippen molar-refractivity contribution in [2.75, 3.05) is 31.1 Å². The van der Waals surface area contributed by atoms with Crippen LogP contribution in [0.3, 0.4) is 0 Å². The van der Waals surface area contributed by atoms with Gasteiger partial charge in [-0.2, -0.15) is 5.10 Å². The van der Waals surface area contributed by atoms with Crippen molar-refractivity contribution in [3.8, 4) is 0 Å². The molecular weight excluding hydrogens is 441 g/mol. The summed E-state index contributed by atoms with van der Waals surface area (Å²) in [6.45, 7) is 2.76. The fourth-order valence-corrected chi connectivity index (χ4v) is 5.39. The van der Waals surface area contributed by atoms with Gasteiger partial charge in [0.05, 0.1) is 10.9 Å². The molecule has 1 aromatic carbocycles. The van der Waals surface area contributed by atoms with E-state index in [1.54, 1.807) is 6.20 Å². The number of hydrogen-bond donors (Lipinski definition) is 1. The highest BCUT2D eigenvalue weighted by Crippen LogP contribution is 2.33. The van der Waals surface area contributed by atoms with Gasteiger partial charge in [0, 0.05) is 42.8 Å². The summed E-state index contributed by atoms with van der Waals surface area (Å²) in [7, 11) is 0. The molecule has 2 amide bonds. The quantitative estimate of drug-likeness (QED) is 0.626. The summed E-state index contributed by atoms with van der Waals surface area (Å²) in [5, 5.41) is 11.1. The SMILES string of the molecule is O=C(NC1CN(c2cccnn2)C1)c1ccc(C2CCN(C(=O)c3ccc(F)cc3)CC2)s1. The molecule has 0 aliphatic carbocycles. The minimum absolute atomic E-state index is 0.0426. The lowest BCUT2D eigenvalue weighted by molar-refractivity contribution is 0.0713. The first-order chi connectivity index (χ1) is 16.1. The standard InChI is InChI=1S/C24H24FN5O2S/c25-18-5-3-17(4-6-18)24(32)29-12-9-16(10-13-29)20-7-8-21(33-20)23(31)27-19-14-30(15-19)22-2-1-11-26-28-22/h1-8,11,16,19H,9-10,12-15H2,(H,27,31). The van der Waals surface area contributed by atoms with Crippen LogP contribution in [0.25, 0.3) is 0 Å². The summed E-state index contributed by atoms with van der Waals surface area (Å²) < 4.78 is 13.1. The molecule has 4 heterocycles. The molecule has 3 aromatic rings. The van der Waals surface area contributed by atoms with Crippen LogP contribution in [0.1, 0.15) is 43.7 Å². The lowest BCUT2D eigenvalue weighted by Crippen LogP contribution is -2.59. The minimum atomic E-state index is -0.345. The van der Waals surface area contributed by atoms with Gasteiger partial charge in [-0.3, -0.25) is 9.59 Å². The van der Waals surface area contributed by atoms with Crippen molar-refractivity contribution in [1.29, 1.82) is 0 Å². The number of carbonyl (C=O) groups is 2. The molecule has 0 spiro atoms. The van der Waals surface area contributed by atoms with Gasteiger partial charge in [0.2, 0.25) is 0 Å². The molecular formula is C24H24FN5O2S. The Morgan fingerprint density at radius 2 is 1.79 bits per heavy atom. The molecule has 2 aliphatic rings. The first-order valence-electron chi connectivity index (χ1n) is 11.0. The summed E-state index contributed by atoms with van der Waals surface area (Å²) in [5.41, 5.74) is 0.513. The molecule has 2 aromatic heterocycles. The number of nitrogens with zero attached hydrogens (tertiary/aromatic N) is 4. The van der Waals surface area contributed by atoms with Crippen LogP contribution in [0.2, 0.25) is 0 Å². The van der Waals surface area contributed by atoms with Gasteiger partial charge in [-0.1, -0.05) is 0 Å². The Hall–Kier alpha value is -3.33. The number of thiophene rings is 1. The van der Waals surface area contributed by atoms with Gasteiger partial charge in [-0.25, -0.2) is 4.39 Å². The summed E-state index contributed by atoms with van der Waals surface area (Å²) in [6, 6.07) is 13.5. The molecule has 0 saturated carbocycles. The first kappa shape index (κ1) is 21.5. The van der Waals surface area contributed by atoms with E-state index in [-0.39, 0.29) is 23.7 Å². The number of hydrogen-bond acceptors (Lipinski definition) is 6. The fourth-order valence-electron chi connectivity index (χ4n) is 4.31. The Balaban J connectivity index is 1.11. The van der Waals surface area contributed by atoms with Crippen molar-refractivity contribution in [3.63, 3.8) is 0 Å². The molecule has 1 N–H and O–H groups in total. The Morgan fingerprint density at radius 1 is 1.03 bits per heavy atom. The molecule has 9 heteroatoms. The van der Waals surface area contributed by atoms with E-state index in [1.165, 1.54) is 40.5 Å². The molecule has 33 heavy (non-hydrogen) atoms. The van der Waals surface area contributed by atoms with E-state index in [0.717, 1.165) is 31.7 Å². The van der Waals surface area contributed by atoms with E-state index in [1.807, 2.05) is 29.2 Å². The van der Waals surface area contributed by atoms with Crippen LogP contribution in [0.15, 0.2) is 54.7 Å². The molecule has 0 bridgehead atoms. The van der Waals surface area contributed by atoms with Gasteiger partial charge < -0.3 is 15.1 Å². The maximum atomic E-state index is 13.1. The van der Waals surface area contributed by atoms with E-state index in [0.29, 0.717) is 29.4 Å². The number of carbonyl (C=O) groups excluding carboxylic acids is 2. The van der Waals surface area contributed by atoms with Crippen molar-refractivity contribution in [3.05, 3.63) is 75.9 Å². The van der Waals surface area contributed by atoms with E-state index >= 15 is 0 Å². The minimum Gasteiger partial charge on any atom is -0.351 e. The topological polar surface area (TPSA) is 78.4 Å². The first-order valence-corrected chi connectivity index (χ1v) is 11.9. The number of piperidine rings is 1. The lowest BCUT2D eigenvalue weighted by Gasteiger charge is -2.39. The maximum absolute atomic E-state index is 13.1. The Bertz CT molecular complexity index is 1120. The number of halogens is 1. The third-order valence-corrected chi connectivity index (χ3v) is 7.47. The zero-order valence-electron chi connectivity index (χ0n) is 18.0. The Labute approximate surface area is 195 Å². The number of benzene rings is 1. The largest absolute Gasteiger partial charge is 0.351 e. The van der Waals surface area contributed by atoms with Crippen LogP contribution in [-0.4, -0.2) is 59.1 Å². The number of rotatable bonds is 5. The zero-order chi connectivity index (χ0) is 22.8. The van der Waals surface area contributed by atoms with Crippen LogP contribution >= 0.6 is 11.3 Å². The van der Waals surface area contributed by atoms with Crippen molar-refractivity contribution >= 4 is 29.0 Å². The molecule has 2 fully saturated rings. The number of nitrogens with one attached hydrogen (secondary N) is 1. The van der Waals surface area contributed by atoms with Crippen molar-refractivity contribution in [2.24, 2.45) is 0 Å². The molecule has 7 nitrogen and oxygen atoms in total. The molecule has 2 saturated heterocycles. The van der Waals surface area contributed by atoms with E-state index in [2.05, 4.69) is 20.4 Å². The number of likely N-dealkylation sites (tertiary alicyclic amines) is 1. The smallest absolute Gasteiger partial charge is 0.261 e. The second kappa shape index (κ2) is 9.27. The zero-order valence-corrected chi connectivity index (χ0v) is 18.8. The van der Waals surface area contributed by atoms with Crippen molar-refractivity contribution in [2.45, 2.75) is 24.8 Å². The number of amides is 2. The van der Waals surface area contributed by atoms with Gasteiger partial charge >= 0.3 is 0 Å². The second-order valence-electron chi connectivity index (χ2n) is 8.43. The van der Waals surface area contributed by atoms with Crippen LogP contribution in [0.4, 0.5) is 10.2 Å². The Kier molecular flexibility index (Phi) is 6.04. The van der Waals surface area contributed by atoms with Crippen LogP contribution in [-0.2, 0) is 0 Å². The highest BCUT2D eigenvalue weighted by molar-refractivity contribution is 7.14. The maximum Gasteiger partial charge on any atom is 0.261 e. The predicted molar refractivity (Wildman–Crippen MR) is 124 cm³/mol. The van der Waals surface area contributed by atoms with Gasteiger partial charge in [-0.05, 0) is 67.3 Å². The monoisotopic (exact) mass is 465 g/mol. The lowest BCUT2D eigenvalue weighted by atomic mass is 9.95. The highest BCUT2D eigenvalue weighted by atomic mass is 32.1. The average Bonchev–Trinajstić information content (AvgIpc) is 3.32. The summed E-state index contributed by atoms with van der Waals surface area (Å²) in [6.07, 6.45) is 3.35. The predicted octanol–water partition coefficient (Wildman–Crippen LogP) is 3.32. The third kappa shape index (κ3) is 4.73. The van der Waals surface area contributed by atoms with Gasteiger partial charge in [0.1, 0.15) is 5.82 Å². The highest BCUT2D eigenvalue weighted by Gasteiger charge is 2.30. The number of aromatic nitrogens is 2. The summed E-state index contributed by atoms with van der Waals surface area (Å²) >= 11 is 1.54. The van der Waals surface area contributed by atoms with Crippen LogP contribution in [0, 0.1) is 5.82 Å². The van der Waals surface area contributed by atoms with Crippen molar-refractivity contribution in [1.82, 2.24) is 20.4 Å². The van der Waals surface area contributed by atoms with Gasteiger partial charge in [-0.15, -0.1) is 16.4 Å². The van der Waals surface area contributed by atoms with E-state index < -0.39 is 0 Å². The number of anilines is 1. The van der Waals surface area contributed by atoms with Gasteiger partial charge in [0.15, 0.2) is 5.82 Å². The molecule has 2 aliphatic heterocycles. The molecule has 0 atom stereocenters. The average molecular weight is 466 g/mol.